The van der Waals surface area contributed by atoms with E-state index >= 15 is 0 Å². The smallest absolute Gasteiger partial charge is 0.355 e. The van der Waals surface area contributed by atoms with Crippen LogP contribution in [0.3, 0.4) is 0 Å². The number of esters is 1. The third-order valence-corrected chi connectivity index (χ3v) is 4.11. The van der Waals surface area contributed by atoms with Crippen molar-refractivity contribution in [2.24, 2.45) is 0 Å². The number of carbonyl (C=O) groups excluding carboxylic acids is 1. The quantitative estimate of drug-likeness (QED) is 0.689. The largest absolute Gasteiger partial charge is 0.461 e. The zero-order valence-electron chi connectivity index (χ0n) is 12.3. The second-order valence-electron chi connectivity index (χ2n) is 4.83. The van der Waals surface area contributed by atoms with Gasteiger partial charge in [0.25, 0.3) is 0 Å². The highest BCUT2D eigenvalue weighted by molar-refractivity contribution is 7.07. The fourth-order valence-corrected chi connectivity index (χ4v) is 3.09. The summed E-state index contributed by atoms with van der Waals surface area (Å²) in [7, 11) is 0. The van der Waals surface area contributed by atoms with Crippen molar-refractivity contribution in [3.8, 4) is 0 Å². The van der Waals surface area contributed by atoms with E-state index in [9.17, 15) is 14.0 Å². The van der Waals surface area contributed by atoms with Gasteiger partial charge in [0.2, 0.25) is 0 Å². The first-order valence-electron chi connectivity index (χ1n) is 6.98. The van der Waals surface area contributed by atoms with E-state index in [4.69, 9.17) is 4.74 Å². The topological polar surface area (TPSA) is 61.2 Å². The van der Waals surface area contributed by atoms with E-state index < -0.39 is 11.8 Å². The van der Waals surface area contributed by atoms with Gasteiger partial charge in [0.05, 0.1) is 18.7 Å². The van der Waals surface area contributed by atoms with Crippen molar-refractivity contribution < 1.29 is 13.9 Å². The van der Waals surface area contributed by atoms with Gasteiger partial charge in [-0.15, -0.1) is 0 Å². The van der Waals surface area contributed by atoms with Crippen molar-refractivity contribution in [1.82, 2.24) is 9.55 Å². The lowest BCUT2D eigenvalue weighted by Gasteiger charge is -2.09. The molecule has 0 aliphatic rings. The van der Waals surface area contributed by atoms with Gasteiger partial charge in [-0.25, -0.2) is 9.18 Å². The maximum atomic E-state index is 13.8. The lowest BCUT2D eigenvalue weighted by Crippen LogP contribution is -2.21. The van der Waals surface area contributed by atoms with Crippen LogP contribution in [0.2, 0.25) is 0 Å². The summed E-state index contributed by atoms with van der Waals surface area (Å²) < 4.78 is 20.0. The Kier molecular flexibility index (Phi) is 4.20. The molecule has 0 saturated carbocycles. The normalized spacial score (nSPS) is 10.9. The zero-order chi connectivity index (χ0) is 16.4. The van der Waals surface area contributed by atoms with Gasteiger partial charge >= 0.3 is 10.8 Å². The van der Waals surface area contributed by atoms with Crippen LogP contribution in [0.1, 0.15) is 23.0 Å². The van der Waals surface area contributed by atoms with E-state index in [1.54, 1.807) is 25.3 Å². The van der Waals surface area contributed by atoms with Crippen LogP contribution in [0.4, 0.5) is 4.39 Å². The van der Waals surface area contributed by atoms with Gasteiger partial charge in [0, 0.05) is 22.5 Å². The Balaban J connectivity index is 2.08. The third-order valence-electron chi connectivity index (χ3n) is 3.34. The van der Waals surface area contributed by atoms with Crippen LogP contribution < -0.4 is 4.87 Å². The molecule has 0 spiro atoms. The predicted molar refractivity (Wildman–Crippen MR) is 85.3 cm³/mol. The van der Waals surface area contributed by atoms with Crippen LogP contribution >= 0.6 is 11.3 Å². The lowest BCUT2D eigenvalue weighted by atomic mass is 10.1. The van der Waals surface area contributed by atoms with Crippen LogP contribution in [0, 0.1) is 5.82 Å². The number of halogens is 1. The average molecular weight is 332 g/mol. The molecule has 23 heavy (non-hydrogen) atoms. The Hall–Kier alpha value is -2.54. The van der Waals surface area contributed by atoms with E-state index in [-0.39, 0.29) is 23.7 Å². The summed E-state index contributed by atoms with van der Waals surface area (Å²) >= 11 is 0.906. The van der Waals surface area contributed by atoms with E-state index in [1.165, 1.54) is 22.1 Å². The lowest BCUT2D eigenvalue weighted by molar-refractivity contribution is 0.0514. The summed E-state index contributed by atoms with van der Waals surface area (Å²) in [5.41, 5.74) is 1.30. The summed E-state index contributed by atoms with van der Waals surface area (Å²) in [5.74, 6) is -0.985. The average Bonchev–Trinajstić information content (AvgIpc) is 2.88. The van der Waals surface area contributed by atoms with E-state index in [0.29, 0.717) is 16.5 Å². The molecular weight excluding hydrogens is 319 g/mol. The Bertz CT molecular complexity index is 932. The van der Waals surface area contributed by atoms with Crippen LogP contribution in [0.25, 0.3) is 10.9 Å². The summed E-state index contributed by atoms with van der Waals surface area (Å²) in [4.78, 5) is 27.9. The van der Waals surface area contributed by atoms with Crippen LogP contribution in [-0.4, -0.2) is 22.1 Å². The van der Waals surface area contributed by atoms with Gasteiger partial charge in [-0.3, -0.25) is 14.3 Å². The first-order valence-corrected chi connectivity index (χ1v) is 7.86. The molecule has 0 atom stereocenters. The number of benzene rings is 1. The molecule has 2 heterocycles. The molecule has 118 valence electrons. The number of hydrogen-bond acceptors (Lipinski definition) is 5. The molecule has 3 aromatic rings. The van der Waals surface area contributed by atoms with Crippen molar-refractivity contribution in [3.05, 3.63) is 62.6 Å². The van der Waals surface area contributed by atoms with E-state index in [1.807, 2.05) is 0 Å². The Morgan fingerprint density at radius 2 is 2.26 bits per heavy atom. The molecule has 1 aromatic carbocycles. The molecule has 5 nitrogen and oxygen atoms in total. The van der Waals surface area contributed by atoms with Crippen molar-refractivity contribution >= 4 is 28.2 Å². The number of carbonyl (C=O) groups is 1. The van der Waals surface area contributed by atoms with Gasteiger partial charge in [-0.05, 0) is 25.1 Å². The number of nitrogens with zero attached hydrogens (tertiary/aromatic N) is 2. The zero-order valence-corrected chi connectivity index (χ0v) is 13.1. The van der Waals surface area contributed by atoms with Crippen molar-refractivity contribution in [2.75, 3.05) is 6.61 Å². The maximum Gasteiger partial charge on any atom is 0.355 e. The molecule has 7 heteroatoms. The number of aromatic nitrogens is 2. The fraction of sp³-hybridized carbons (Fsp3) is 0.188. The van der Waals surface area contributed by atoms with E-state index in [0.717, 1.165) is 11.3 Å². The minimum atomic E-state index is -0.570. The number of rotatable bonds is 4. The summed E-state index contributed by atoms with van der Waals surface area (Å²) in [5, 5.41) is 2.10. The molecule has 0 N–H and O–H groups in total. The standard InChI is InChI=1S/C16H13FN2O3S/c1-2-22-15(20)13-9-23-16(21)19(13)8-11-7-12(17)6-10-4-3-5-18-14(10)11/h3-7,9H,2,8H2,1H3. The SMILES string of the molecule is CCOC(=O)c1csc(=O)n1Cc1cc(F)cc2cccnc12. The van der Waals surface area contributed by atoms with Gasteiger partial charge in [-0.2, -0.15) is 0 Å². The number of hydrogen-bond donors (Lipinski definition) is 0. The number of ether oxygens (including phenoxy) is 1. The summed E-state index contributed by atoms with van der Waals surface area (Å²) in [6, 6.07) is 6.17. The molecule has 0 aliphatic heterocycles. The first-order chi connectivity index (χ1) is 11.1. The number of pyridine rings is 1. The maximum absolute atomic E-state index is 13.8. The van der Waals surface area contributed by atoms with Crippen molar-refractivity contribution in [2.45, 2.75) is 13.5 Å². The van der Waals surface area contributed by atoms with Gasteiger partial charge in [-0.1, -0.05) is 17.4 Å². The van der Waals surface area contributed by atoms with E-state index in [2.05, 4.69) is 4.98 Å². The van der Waals surface area contributed by atoms with Gasteiger partial charge in [0.15, 0.2) is 0 Å². The molecule has 0 aliphatic carbocycles. The molecule has 3 rings (SSSR count). The van der Waals surface area contributed by atoms with Crippen molar-refractivity contribution in [3.63, 3.8) is 0 Å². The van der Waals surface area contributed by atoms with Gasteiger partial charge < -0.3 is 4.74 Å². The summed E-state index contributed by atoms with van der Waals surface area (Å²) in [6.45, 7) is 1.96. The third kappa shape index (κ3) is 3.00. The first kappa shape index (κ1) is 15.4. The Labute approximate surface area is 135 Å². The molecular formula is C16H13FN2O3S. The second kappa shape index (κ2) is 6.29. The van der Waals surface area contributed by atoms with Crippen LogP contribution in [0.15, 0.2) is 40.6 Å². The Morgan fingerprint density at radius 3 is 3.04 bits per heavy atom. The second-order valence-corrected chi connectivity index (χ2v) is 5.65. The van der Waals surface area contributed by atoms with Crippen molar-refractivity contribution in [1.29, 1.82) is 0 Å². The molecule has 0 unspecified atom stereocenters. The Morgan fingerprint density at radius 1 is 1.43 bits per heavy atom. The minimum absolute atomic E-state index is 0.0573. The molecule has 0 fully saturated rings. The minimum Gasteiger partial charge on any atom is -0.461 e. The number of fused-ring (bicyclic) bond motifs is 1. The summed E-state index contributed by atoms with van der Waals surface area (Å²) in [6.07, 6.45) is 1.60. The highest BCUT2D eigenvalue weighted by Crippen LogP contribution is 2.20. The molecule has 0 bridgehead atoms. The molecule has 0 saturated heterocycles. The van der Waals surface area contributed by atoms with Crippen LogP contribution in [0.5, 0.6) is 0 Å². The molecule has 0 amide bonds. The molecule has 0 radical (unpaired) electrons. The van der Waals surface area contributed by atoms with Gasteiger partial charge in [0.1, 0.15) is 11.5 Å². The predicted octanol–water partition coefficient (Wildman–Crippen LogP) is 2.82. The number of thiazole rings is 1. The highest BCUT2D eigenvalue weighted by Gasteiger charge is 2.17. The highest BCUT2D eigenvalue weighted by atomic mass is 32.1. The molecule has 2 aromatic heterocycles. The monoisotopic (exact) mass is 332 g/mol. The fourth-order valence-electron chi connectivity index (χ4n) is 2.36. The van der Waals surface area contributed by atoms with Crippen LogP contribution in [-0.2, 0) is 11.3 Å².